The van der Waals surface area contributed by atoms with Gasteiger partial charge in [0.1, 0.15) is 11.3 Å². The lowest BCUT2D eigenvalue weighted by molar-refractivity contribution is 0.372. The van der Waals surface area contributed by atoms with Gasteiger partial charge >= 0.3 is 0 Å². The molecule has 0 unspecified atom stereocenters. The van der Waals surface area contributed by atoms with E-state index in [1.807, 2.05) is 13.2 Å². The van der Waals surface area contributed by atoms with Gasteiger partial charge in [-0.3, -0.25) is 0 Å². The number of isocyanates is 1. The molecular formula is C15H19NO2S. The zero-order valence-electron chi connectivity index (χ0n) is 11.7. The van der Waals surface area contributed by atoms with Crippen molar-refractivity contribution in [3.8, 4) is 5.75 Å². The van der Waals surface area contributed by atoms with Crippen LogP contribution in [0.3, 0.4) is 0 Å². The molecule has 4 heteroatoms. The lowest BCUT2D eigenvalue weighted by Gasteiger charge is -2.28. The molecule has 0 aromatic heterocycles. The highest BCUT2D eigenvalue weighted by Crippen LogP contribution is 2.49. The van der Waals surface area contributed by atoms with Crippen LogP contribution in [0.4, 0.5) is 0 Å². The zero-order chi connectivity index (χ0) is 13.9. The number of carbonyl (C=O) groups excluding carboxylic acids is 1. The Morgan fingerprint density at radius 1 is 1.37 bits per heavy atom. The number of aliphatic imine (C=N–C) groups is 1. The summed E-state index contributed by atoms with van der Waals surface area (Å²) < 4.78 is 5.60. The summed E-state index contributed by atoms with van der Waals surface area (Å²) in [5, 5.41) is 0. The second kappa shape index (κ2) is 5.81. The molecule has 0 atom stereocenters. The molecule has 0 amide bonds. The molecule has 102 valence electrons. The number of ether oxygens (including phenoxy) is 1. The van der Waals surface area contributed by atoms with Crippen LogP contribution in [0.5, 0.6) is 5.75 Å². The van der Waals surface area contributed by atoms with Crippen molar-refractivity contribution in [1.82, 2.24) is 0 Å². The topological polar surface area (TPSA) is 38.7 Å². The first-order valence-electron chi connectivity index (χ1n) is 6.49. The van der Waals surface area contributed by atoms with E-state index < -0.39 is 5.54 Å². The van der Waals surface area contributed by atoms with E-state index in [4.69, 9.17) is 4.74 Å². The number of hydrogen-bond donors (Lipinski definition) is 0. The molecule has 0 N–H and O–H groups in total. The summed E-state index contributed by atoms with van der Waals surface area (Å²) in [7, 11) is 1.68. The number of hydrogen-bond acceptors (Lipinski definition) is 4. The Labute approximate surface area is 118 Å². The van der Waals surface area contributed by atoms with Crippen LogP contribution < -0.4 is 4.74 Å². The highest BCUT2D eigenvalue weighted by Gasteiger charge is 2.40. The van der Waals surface area contributed by atoms with Crippen molar-refractivity contribution in [2.45, 2.75) is 43.0 Å². The maximum Gasteiger partial charge on any atom is 0.235 e. The fourth-order valence-corrected chi connectivity index (χ4v) is 3.70. The molecule has 1 fully saturated rings. The van der Waals surface area contributed by atoms with E-state index in [0.29, 0.717) is 0 Å². The molecule has 0 spiro atoms. The van der Waals surface area contributed by atoms with Crippen molar-refractivity contribution in [2.24, 2.45) is 4.99 Å². The molecule has 0 saturated heterocycles. The predicted octanol–water partition coefficient (Wildman–Crippen LogP) is 3.83. The van der Waals surface area contributed by atoms with Crippen molar-refractivity contribution in [2.75, 3.05) is 13.4 Å². The molecule has 19 heavy (non-hydrogen) atoms. The summed E-state index contributed by atoms with van der Waals surface area (Å²) in [5.41, 5.74) is 1.73. The van der Waals surface area contributed by atoms with Gasteiger partial charge in [0.15, 0.2) is 0 Å². The van der Waals surface area contributed by atoms with E-state index in [1.165, 1.54) is 0 Å². The van der Waals surface area contributed by atoms with E-state index in [1.54, 1.807) is 25.0 Å². The monoisotopic (exact) mass is 277 g/mol. The quantitative estimate of drug-likeness (QED) is 0.477. The second-order valence-corrected chi connectivity index (χ2v) is 5.78. The summed E-state index contributed by atoms with van der Waals surface area (Å²) in [6.07, 6.45) is 7.81. The number of methoxy groups -OCH3 is 1. The largest absolute Gasteiger partial charge is 0.496 e. The predicted molar refractivity (Wildman–Crippen MR) is 77.8 cm³/mol. The zero-order valence-corrected chi connectivity index (χ0v) is 12.5. The van der Waals surface area contributed by atoms with E-state index in [2.05, 4.69) is 17.1 Å². The van der Waals surface area contributed by atoms with Gasteiger partial charge in [-0.1, -0.05) is 18.9 Å². The molecular weight excluding hydrogens is 258 g/mol. The van der Waals surface area contributed by atoms with E-state index in [0.717, 1.165) is 47.5 Å². The maximum absolute atomic E-state index is 10.9. The molecule has 1 aromatic carbocycles. The average molecular weight is 277 g/mol. The van der Waals surface area contributed by atoms with Crippen molar-refractivity contribution < 1.29 is 9.53 Å². The van der Waals surface area contributed by atoms with E-state index >= 15 is 0 Å². The average Bonchev–Trinajstić information content (AvgIpc) is 2.88. The first-order valence-corrected chi connectivity index (χ1v) is 7.72. The molecule has 0 aliphatic heterocycles. The SMILES string of the molecule is COc1c(C)ccc(SC)c1C1(N=C=O)CCCC1. The van der Waals surface area contributed by atoms with Crippen LogP contribution in [-0.4, -0.2) is 19.4 Å². The lowest BCUT2D eigenvalue weighted by Crippen LogP contribution is -2.21. The van der Waals surface area contributed by atoms with Crippen molar-refractivity contribution in [3.05, 3.63) is 23.3 Å². The normalized spacial score (nSPS) is 17.0. The Morgan fingerprint density at radius 2 is 2.05 bits per heavy atom. The maximum atomic E-state index is 10.9. The van der Waals surface area contributed by atoms with Crippen LogP contribution in [-0.2, 0) is 10.3 Å². The molecule has 1 saturated carbocycles. The second-order valence-electron chi connectivity index (χ2n) is 4.93. The minimum absolute atomic E-state index is 0.433. The van der Waals surface area contributed by atoms with Crippen LogP contribution in [0, 0.1) is 6.92 Å². The molecule has 1 aliphatic rings. The lowest BCUT2D eigenvalue weighted by atomic mass is 9.87. The minimum atomic E-state index is -0.433. The Morgan fingerprint density at radius 3 is 2.58 bits per heavy atom. The van der Waals surface area contributed by atoms with Gasteiger partial charge in [0.25, 0.3) is 0 Å². The van der Waals surface area contributed by atoms with Gasteiger partial charge in [-0.25, -0.2) is 4.79 Å². The number of thioether (sulfide) groups is 1. The first kappa shape index (κ1) is 14.2. The third-order valence-electron chi connectivity index (χ3n) is 3.90. The summed E-state index contributed by atoms with van der Waals surface area (Å²) >= 11 is 1.68. The Balaban J connectivity index is 2.70. The van der Waals surface area contributed by atoms with Gasteiger partial charge in [0, 0.05) is 10.5 Å². The molecule has 1 aliphatic carbocycles. The van der Waals surface area contributed by atoms with Gasteiger partial charge in [0.2, 0.25) is 6.08 Å². The highest BCUT2D eigenvalue weighted by atomic mass is 32.2. The van der Waals surface area contributed by atoms with E-state index in [9.17, 15) is 4.79 Å². The highest BCUT2D eigenvalue weighted by molar-refractivity contribution is 7.98. The van der Waals surface area contributed by atoms with Crippen LogP contribution in [0.1, 0.15) is 36.8 Å². The number of benzene rings is 1. The van der Waals surface area contributed by atoms with E-state index in [-0.39, 0.29) is 0 Å². The molecule has 2 rings (SSSR count). The fraction of sp³-hybridized carbons (Fsp3) is 0.533. The van der Waals surface area contributed by atoms with Gasteiger partial charge < -0.3 is 4.74 Å². The summed E-state index contributed by atoms with van der Waals surface area (Å²) in [4.78, 5) is 16.2. The Hall–Kier alpha value is -1.25. The van der Waals surface area contributed by atoms with Crippen LogP contribution in [0.15, 0.2) is 22.0 Å². The van der Waals surface area contributed by atoms with Crippen molar-refractivity contribution in [1.29, 1.82) is 0 Å². The van der Waals surface area contributed by atoms with Crippen molar-refractivity contribution in [3.63, 3.8) is 0 Å². The van der Waals surface area contributed by atoms with Crippen LogP contribution in [0.2, 0.25) is 0 Å². The van der Waals surface area contributed by atoms with Crippen LogP contribution in [0.25, 0.3) is 0 Å². The van der Waals surface area contributed by atoms with Gasteiger partial charge in [0.05, 0.1) is 7.11 Å². The first-order chi connectivity index (χ1) is 9.18. The molecule has 3 nitrogen and oxygen atoms in total. The summed E-state index contributed by atoms with van der Waals surface area (Å²) in [6.45, 7) is 2.03. The standard InChI is InChI=1S/C15H19NO2S/c1-11-6-7-12(19-3)13(14(11)18-2)15(16-10-17)8-4-5-9-15/h6-7H,4-5,8-9H2,1-3H3. The molecule has 0 bridgehead atoms. The third-order valence-corrected chi connectivity index (χ3v) is 4.68. The smallest absolute Gasteiger partial charge is 0.235 e. The molecule has 0 radical (unpaired) electrons. The van der Waals surface area contributed by atoms with Gasteiger partial charge in [-0.2, -0.15) is 4.99 Å². The Bertz CT molecular complexity index is 515. The fourth-order valence-electron chi connectivity index (χ4n) is 3.01. The van der Waals surface area contributed by atoms with Crippen molar-refractivity contribution >= 4 is 17.8 Å². The van der Waals surface area contributed by atoms with Crippen LogP contribution >= 0.6 is 11.8 Å². The number of aryl methyl sites for hydroxylation is 1. The number of rotatable bonds is 4. The summed E-state index contributed by atoms with van der Waals surface area (Å²) in [5.74, 6) is 0.868. The molecule has 0 heterocycles. The third kappa shape index (κ3) is 2.43. The number of nitrogens with zero attached hydrogens (tertiary/aromatic N) is 1. The minimum Gasteiger partial charge on any atom is -0.496 e. The Kier molecular flexibility index (Phi) is 4.33. The van der Waals surface area contributed by atoms with Gasteiger partial charge in [-0.15, -0.1) is 11.8 Å². The van der Waals surface area contributed by atoms with Gasteiger partial charge in [-0.05, 0) is 37.7 Å². The summed E-state index contributed by atoms with van der Waals surface area (Å²) in [6, 6.07) is 4.15. The molecule has 1 aromatic rings.